The molecule has 2 amide bonds. The van der Waals surface area contributed by atoms with Crippen molar-refractivity contribution in [3.8, 4) is 0 Å². The predicted molar refractivity (Wildman–Crippen MR) is 64.0 cm³/mol. The average Bonchev–Trinajstić information content (AvgIpc) is 2.82. The van der Waals surface area contributed by atoms with Crippen LogP contribution in [0.25, 0.3) is 16.5 Å². The fraction of sp³-hybridized carbons (Fsp3) is 0.0769. The summed E-state index contributed by atoms with van der Waals surface area (Å²) in [6.07, 6.45) is 1.77. The van der Waals surface area contributed by atoms with Crippen LogP contribution in [0.15, 0.2) is 36.0 Å². The molecule has 1 aromatic carbocycles. The van der Waals surface area contributed by atoms with Crippen molar-refractivity contribution in [2.24, 2.45) is 0 Å². The van der Waals surface area contributed by atoms with Gasteiger partial charge < -0.3 is 4.98 Å². The molecule has 2 aromatic rings. The summed E-state index contributed by atoms with van der Waals surface area (Å²) in [5.41, 5.74) is 2.67. The van der Waals surface area contributed by atoms with Crippen LogP contribution in [0, 0.1) is 0 Å². The van der Waals surface area contributed by atoms with Crippen molar-refractivity contribution in [3.05, 3.63) is 41.6 Å². The molecule has 0 unspecified atom stereocenters. The van der Waals surface area contributed by atoms with Gasteiger partial charge in [-0.1, -0.05) is 18.2 Å². The molecular weight excluding hydrogens is 216 g/mol. The lowest BCUT2D eigenvalue weighted by molar-refractivity contribution is -0.123. The van der Waals surface area contributed by atoms with E-state index in [0.29, 0.717) is 11.1 Å². The van der Waals surface area contributed by atoms with Crippen LogP contribution < -0.4 is 5.32 Å². The van der Waals surface area contributed by atoms with Crippen molar-refractivity contribution < 1.29 is 9.59 Å². The van der Waals surface area contributed by atoms with E-state index in [1.807, 2.05) is 24.3 Å². The standard InChI is InChI=1S/C13H10N2O2/c1-7-11(13(17)15-12(7)16)9-6-14-10-5-3-2-4-8(9)10/h2-6,14H,1H3,(H,15,16,17). The number of amides is 2. The smallest absolute Gasteiger partial charge is 0.259 e. The van der Waals surface area contributed by atoms with Crippen LogP contribution in [0.5, 0.6) is 0 Å². The Bertz CT molecular complexity index is 680. The van der Waals surface area contributed by atoms with E-state index in [0.717, 1.165) is 16.5 Å². The minimum atomic E-state index is -0.322. The third-order valence-corrected chi connectivity index (χ3v) is 3.03. The quantitative estimate of drug-likeness (QED) is 0.725. The number of nitrogens with one attached hydrogen (secondary N) is 2. The molecule has 0 atom stereocenters. The molecule has 17 heavy (non-hydrogen) atoms. The van der Waals surface area contributed by atoms with Crippen molar-refractivity contribution in [1.82, 2.24) is 10.3 Å². The first-order chi connectivity index (χ1) is 8.18. The van der Waals surface area contributed by atoms with Crippen LogP contribution in [-0.2, 0) is 9.59 Å². The molecule has 84 valence electrons. The minimum absolute atomic E-state index is 0.310. The first kappa shape index (κ1) is 9.84. The Morgan fingerprint density at radius 2 is 1.82 bits per heavy atom. The van der Waals surface area contributed by atoms with Crippen molar-refractivity contribution in [1.29, 1.82) is 0 Å². The van der Waals surface area contributed by atoms with Gasteiger partial charge in [0.2, 0.25) is 0 Å². The summed E-state index contributed by atoms with van der Waals surface area (Å²) < 4.78 is 0. The van der Waals surface area contributed by atoms with Crippen LogP contribution in [0.4, 0.5) is 0 Å². The molecule has 0 saturated carbocycles. The average molecular weight is 226 g/mol. The van der Waals surface area contributed by atoms with E-state index in [1.54, 1.807) is 13.1 Å². The predicted octanol–water partition coefficient (Wildman–Crippen LogP) is 1.60. The summed E-state index contributed by atoms with van der Waals surface area (Å²) in [6, 6.07) is 7.69. The first-order valence-electron chi connectivity index (χ1n) is 5.31. The highest BCUT2D eigenvalue weighted by Gasteiger charge is 2.29. The third kappa shape index (κ3) is 1.30. The summed E-state index contributed by atoms with van der Waals surface area (Å²) in [7, 11) is 0. The van der Waals surface area contributed by atoms with Crippen molar-refractivity contribution >= 4 is 28.3 Å². The number of para-hydroxylation sites is 1. The fourth-order valence-corrected chi connectivity index (χ4v) is 2.15. The van der Waals surface area contributed by atoms with Crippen molar-refractivity contribution in [2.45, 2.75) is 6.92 Å². The van der Waals surface area contributed by atoms with E-state index in [4.69, 9.17) is 0 Å². The maximum absolute atomic E-state index is 11.7. The Hall–Kier alpha value is -2.36. The Balaban J connectivity index is 2.29. The number of aromatic amines is 1. The molecule has 2 N–H and O–H groups in total. The largest absolute Gasteiger partial charge is 0.361 e. The summed E-state index contributed by atoms with van der Waals surface area (Å²) >= 11 is 0. The Morgan fingerprint density at radius 1 is 1.06 bits per heavy atom. The molecule has 0 fully saturated rings. The number of hydrogen-bond acceptors (Lipinski definition) is 2. The van der Waals surface area contributed by atoms with Gasteiger partial charge in [0.15, 0.2) is 0 Å². The first-order valence-corrected chi connectivity index (χ1v) is 5.31. The van der Waals surface area contributed by atoms with Gasteiger partial charge in [0.05, 0.1) is 5.57 Å². The fourth-order valence-electron chi connectivity index (χ4n) is 2.15. The summed E-state index contributed by atoms with van der Waals surface area (Å²) in [4.78, 5) is 26.3. The highest BCUT2D eigenvalue weighted by atomic mass is 16.2. The number of rotatable bonds is 1. The molecule has 0 spiro atoms. The second kappa shape index (κ2) is 3.31. The third-order valence-electron chi connectivity index (χ3n) is 3.03. The van der Waals surface area contributed by atoms with Gasteiger partial charge in [-0.2, -0.15) is 0 Å². The normalized spacial score (nSPS) is 15.8. The molecule has 0 saturated heterocycles. The lowest BCUT2D eigenvalue weighted by Crippen LogP contribution is -2.22. The number of benzene rings is 1. The zero-order valence-electron chi connectivity index (χ0n) is 9.20. The molecular formula is C13H10N2O2. The number of fused-ring (bicyclic) bond motifs is 1. The van der Waals surface area contributed by atoms with Gasteiger partial charge in [-0.15, -0.1) is 0 Å². The van der Waals surface area contributed by atoms with Gasteiger partial charge in [-0.25, -0.2) is 0 Å². The lowest BCUT2D eigenvalue weighted by atomic mass is 10.0. The van der Waals surface area contributed by atoms with Crippen LogP contribution >= 0.6 is 0 Å². The van der Waals surface area contributed by atoms with Gasteiger partial charge in [-0.05, 0) is 13.0 Å². The van der Waals surface area contributed by atoms with Gasteiger partial charge in [0.1, 0.15) is 0 Å². The zero-order chi connectivity index (χ0) is 12.0. The van der Waals surface area contributed by atoms with E-state index in [9.17, 15) is 9.59 Å². The summed E-state index contributed by atoms with van der Waals surface area (Å²) in [5.74, 6) is -0.632. The molecule has 0 radical (unpaired) electrons. The van der Waals surface area contributed by atoms with E-state index >= 15 is 0 Å². The van der Waals surface area contributed by atoms with E-state index in [1.165, 1.54) is 0 Å². The number of aromatic nitrogens is 1. The number of imide groups is 1. The molecule has 1 aromatic heterocycles. The Kier molecular flexibility index (Phi) is 1.92. The van der Waals surface area contributed by atoms with Crippen LogP contribution in [-0.4, -0.2) is 16.8 Å². The molecule has 4 nitrogen and oxygen atoms in total. The Labute approximate surface area is 97.3 Å². The van der Waals surface area contributed by atoms with Crippen molar-refractivity contribution in [2.75, 3.05) is 0 Å². The zero-order valence-corrected chi connectivity index (χ0v) is 9.20. The SMILES string of the molecule is CC1=C(c2c[nH]c3ccccc23)C(=O)NC1=O. The topological polar surface area (TPSA) is 62.0 Å². The lowest BCUT2D eigenvalue weighted by Gasteiger charge is -1.98. The highest BCUT2D eigenvalue weighted by molar-refractivity contribution is 6.37. The van der Waals surface area contributed by atoms with Crippen LogP contribution in [0.2, 0.25) is 0 Å². The number of carbonyl (C=O) groups is 2. The second-order valence-electron chi connectivity index (χ2n) is 4.03. The number of H-pyrrole nitrogens is 1. The van der Waals surface area contributed by atoms with E-state index < -0.39 is 0 Å². The molecule has 3 rings (SSSR count). The van der Waals surface area contributed by atoms with Crippen LogP contribution in [0.3, 0.4) is 0 Å². The monoisotopic (exact) mass is 226 g/mol. The van der Waals surface area contributed by atoms with Gasteiger partial charge in [0.25, 0.3) is 11.8 Å². The molecule has 0 bridgehead atoms. The van der Waals surface area contributed by atoms with Crippen LogP contribution in [0.1, 0.15) is 12.5 Å². The minimum Gasteiger partial charge on any atom is -0.361 e. The Morgan fingerprint density at radius 3 is 2.53 bits per heavy atom. The number of hydrogen-bond donors (Lipinski definition) is 2. The highest BCUT2D eigenvalue weighted by Crippen LogP contribution is 2.29. The van der Waals surface area contributed by atoms with Gasteiger partial charge in [-0.3, -0.25) is 14.9 Å². The molecule has 4 heteroatoms. The summed E-state index contributed by atoms with van der Waals surface area (Å²) in [6.45, 7) is 1.66. The van der Waals surface area contributed by atoms with E-state index in [2.05, 4.69) is 10.3 Å². The summed E-state index contributed by atoms with van der Waals surface area (Å²) in [5, 5.41) is 3.25. The molecule has 1 aliphatic heterocycles. The molecule has 2 heterocycles. The molecule has 1 aliphatic rings. The van der Waals surface area contributed by atoms with Gasteiger partial charge >= 0.3 is 0 Å². The second-order valence-corrected chi connectivity index (χ2v) is 4.03. The number of carbonyl (C=O) groups excluding carboxylic acids is 2. The maximum atomic E-state index is 11.7. The van der Waals surface area contributed by atoms with Gasteiger partial charge in [0, 0.05) is 28.2 Å². The molecule has 0 aliphatic carbocycles. The van der Waals surface area contributed by atoms with Crippen molar-refractivity contribution in [3.63, 3.8) is 0 Å². The maximum Gasteiger partial charge on any atom is 0.259 e. The van der Waals surface area contributed by atoms with E-state index in [-0.39, 0.29) is 11.8 Å².